The van der Waals surface area contributed by atoms with Gasteiger partial charge in [-0.3, -0.25) is 10.1 Å². The second-order valence-electron chi connectivity index (χ2n) is 4.98. The Morgan fingerprint density at radius 2 is 2.16 bits per heavy atom. The van der Waals surface area contributed by atoms with E-state index in [0.29, 0.717) is 12.5 Å². The van der Waals surface area contributed by atoms with E-state index in [9.17, 15) is 10.1 Å². The molecule has 0 amide bonds. The van der Waals surface area contributed by atoms with E-state index >= 15 is 0 Å². The standard InChI is InChI=1S/C14H18N2O3/c1-11(2)10-19-8-7-15-6-5-12-9-13(16(17)18)3-4-14(12)15/h3-6,9,11H,7-8,10H2,1-2H3. The van der Waals surface area contributed by atoms with Gasteiger partial charge in [-0.15, -0.1) is 0 Å². The number of non-ortho nitro benzene ring substituents is 1. The van der Waals surface area contributed by atoms with Crippen molar-refractivity contribution in [2.75, 3.05) is 13.2 Å². The van der Waals surface area contributed by atoms with Crippen LogP contribution in [0.15, 0.2) is 30.5 Å². The van der Waals surface area contributed by atoms with Gasteiger partial charge in [-0.2, -0.15) is 0 Å². The molecule has 1 heterocycles. The highest BCUT2D eigenvalue weighted by Crippen LogP contribution is 2.21. The van der Waals surface area contributed by atoms with Crippen LogP contribution in [-0.4, -0.2) is 22.7 Å². The molecule has 1 aromatic carbocycles. The maximum atomic E-state index is 10.7. The molecule has 2 rings (SSSR count). The SMILES string of the molecule is CC(C)COCCn1ccc2cc([N+](=O)[O-])ccc21. The Morgan fingerprint density at radius 3 is 2.84 bits per heavy atom. The number of benzene rings is 1. The average Bonchev–Trinajstić information content (AvgIpc) is 2.76. The summed E-state index contributed by atoms with van der Waals surface area (Å²) < 4.78 is 7.61. The minimum absolute atomic E-state index is 0.126. The van der Waals surface area contributed by atoms with Crippen LogP contribution in [0.2, 0.25) is 0 Å². The molecule has 0 radical (unpaired) electrons. The lowest BCUT2D eigenvalue weighted by Gasteiger charge is -2.08. The van der Waals surface area contributed by atoms with Gasteiger partial charge >= 0.3 is 0 Å². The maximum absolute atomic E-state index is 10.7. The summed E-state index contributed by atoms with van der Waals surface area (Å²) in [5.41, 5.74) is 1.13. The van der Waals surface area contributed by atoms with Gasteiger partial charge in [0, 0.05) is 42.4 Å². The van der Waals surface area contributed by atoms with Crippen molar-refractivity contribution in [3.63, 3.8) is 0 Å². The molecule has 0 saturated carbocycles. The average molecular weight is 262 g/mol. The third kappa shape index (κ3) is 3.32. The summed E-state index contributed by atoms with van der Waals surface area (Å²) in [4.78, 5) is 10.3. The largest absolute Gasteiger partial charge is 0.379 e. The Hall–Kier alpha value is -1.88. The number of nitro groups is 1. The molecular formula is C14H18N2O3. The Kier molecular flexibility index (Phi) is 4.16. The Morgan fingerprint density at radius 1 is 1.37 bits per heavy atom. The van der Waals surface area contributed by atoms with Gasteiger partial charge in [0.05, 0.1) is 11.5 Å². The predicted molar refractivity (Wildman–Crippen MR) is 74.2 cm³/mol. The van der Waals surface area contributed by atoms with Crippen LogP contribution in [0.1, 0.15) is 13.8 Å². The van der Waals surface area contributed by atoms with Gasteiger partial charge in [-0.05, 0) is 18.1 Å². The molecule has 5 nitrogen and oxygen atoms in total. The van der Waals surface area contributed by atoms with E-state index in [-0.39, 0.29) is 10.6 Å². The van der Waals surface area contributed by atoms with E-state index in [1.807, 2.05) is 12.3 Å². The number of aromatic nitrogens is 1. The molecule has 19 heavy (non-hydrogen) atoms. The fourth-order valence-corrected chi connectivity index (χ4v) is 1.98. The van der Waals surface area contributed by atoms with E-state index in [4.69, 9.17) is 4.74 Å². The summed E-state index contributed by atoms with van der Waals surface area (Å²) in [6.45, 7) is 6.39. The molecule has 0 saturated heterocycles. The number of fused-ring (bicyclic) bond motifs is 1. The summed E-state index contributed by atoms with van der Waals surface area (Å²) >= 11 is 0. The van der Waals surface area contributed by atoms with Crippen molar-refractivity contribution >= 4 is 16.6 Å². The second kappa shape index (κ2) is 5.84. The van der Waals surface area contributed by atoms with Crippen LogP contribution in [0.5, 0.6) is 0 Å². The quantitative estimate of drug-likeness (QED) is 0.456. The van der Waals surface area contributed by atoms with Crippen LogP contribution < -0.4 is 0 Å². The van der Waals surface area contributed by atoms with Crippen molar-refractivity contribution in [1.29, 1.82) is 0 Å². The second-order valence-corrected chi connectivity index (χ2v) is 4.98. The first kappa shape index (κ1) is 13.5. The van der Waals surface area contributed by atoms with E-state index in [2.05, 4.69) is 18.4 Å². The van der Waals surface area contributed by atoms with Gasteiger partial charge in [-0.1, -0.05) is 13.8 Å². The first-order chi connectivity index (χ1) is 9.08. The Labute approximate surface area is 111 Å². The topological polar surface area (TPSA) is 57.3 Å². The summed E-state index contributed by atoms with van der Waals surface area (Å²) in [5, 5.41) is 11.6. The van der Waals surface area contributed by atoms with Gasteiger partial charge in [0.15, 0.2) is 0 Å². The third-order valence-corrected chi connectivity index (χ3v) is 2.89. The summed E-state index contributed by atoms with van der Waals surface area (Å²) in [6, 6.07) is 6.81. The zero-order valence-corrected chi connectivity index (χ0v) is 11.2. The maximum Gasteiger partial charge on any atom is 0.270 e. The molecule has 102 valence electrons. The molecule has 0 aliphatic rings. The molecule has 0 unspecified atom stereocenters. The predicted octanol–water partition coefficient (Wildman–Crippen LogP) is 3.22. The number of rotatable bonds is 6. The zero-order valence-electron chi connectivity index (χ0n) is 11.2. The zero-order chi connectivity index (χ0) is 13.8. The smallest absolute Gasteiger partial charge is 0.270 e. The van der Waals surface area contributed by atoms with Crippen LogP contribution in [-0.2, 0) is 11.3 Å². The minimum Gasteiger partial charge on any atom is -0.379 e. The van der Waals surface area contributed by atoms with Crippen LogP contribution in [0.4, 0.5) is 5.69 Å². The first-order valence-electron chi connectivity index (χ1n) is 6.39. The number of nitrogens with zero attached hydrogens (tertiary/aromatic N) is 2. The van der Waals surface area contributed by atoms with Crippen molar-refractivity contribution in [3.05, 3.63) is 40.6 Å². The number of hydrogen-bond donors (Lipinski definition) is 0. The number of hydrogen-bond acceptors (Lipinski definition) is 3. The highest BCUT2D eigenvalue weighted by molar-refractivity contribution is 5.82. The van der Waals surface area contributed by atoms with Gasteiger partial charge in [-0.25, -0.2) is 0 Å². The van der Waals surface area contributed by atoms with Crippen molar-refractivity contribution in [2.45, 2.75) is 20.4 Å². The summed E-state index contributed by atoms with van der Waals surface area (Å²) in [6.07, 6.45) is 1.94. The molecule has 0 aliphatic heterocycles. The van der Waals surface area contributed by atoms with Crippen LogP contribution in [0.25, 0.3) is 10.9 Å². The van der Waals surface area contributed by atoms with Gasteiger partial charge < -0.3 is 9.30 Å². The van der Waals surface area contributed by atoms with Gasteiger partial charge in [0.25, 0.3) is 5.69 Å². The van der Waals surface area contributed by atoms with Crippen molar-refractivity contribution in [2.24, 2.45) is 5.92 Å². The molecule has 5 heteroatoms. The molecule has 0 bridgehead atoms. The first-order valence-corrected chi connectivity index (χ1v) is 6.39. The molecule has 0 spiro atoms. The van der Waals surface area contributed by atoms with Crippen LogP contribution in [0.3, 0.4) is 0 Å². The van der Waals surface area contributed by atoms with Crippen molar-refractivity contribution in [1.82, 2.24) is 4.57 Å². The lowest BCUT2D eigenvalue weighted by molar-refractivity contribution is -0.384. The fraction of sp³-hybridized carbons (Fsp3) is 0.429. The fourth-order valence-electron chi connectivity index (χ4n) is 1.98. The lowest BCUT2D eigenvalue weighted by Crippen LogP contribution is -2.08. The monoisotopic (exact) mass is 262 g/mol. The third-order valence-electron chi connectivity index (χ3n) is 2.89. The molecule has 0 aliphatic carbocycles. The van der Waals surface area contributed by atoms with Crippen molar-refractivity contribution in [3.8, 4) is 0 Å². The summed E-state index contributed by atoms with van der Waals surface area (Å²) in [7, 11) is 0. The van der Waals surface area contributed by atoms with E-state index in [0.717, 1.165) is 24.1 Å². The Balaban J connectivity index is 2.06. The molecular weight excluding hydrogens is 244 g/mol. The van der Waals surface area contributed by atoms with Crippen molar-refractivity contribution < 1.29 is 9.66 Å². The molecule has 0 N–H and O–H groups in total. The molecule has 0 fully saturated rings. The lowest BCUT2D eigenvalue weighted by atomic mass is 10.2. The normalized spacial score (nSPS) is 11.3. The van der Waals surface area contributed by atoms with Gasteiger partial charge in [0.2, 0.25) is 0 Å². The number of ether oxygens (including phenoxy) is 1. The van der Waals surface area contributed by atoms with E-state index < -0.39 is 0 Å². The van der Waals surface area contributed by atoms with E-state index in [1.165, 1.54) is 6.07 Å². The highest BCUT2D eigenvalue weighted by atomic mass is 16.6. The van der Waals surface area contributed by atoms with E-state index in [1.54, 1.807) is 12.1 Å². The molecule has 0 atom stereocenters. The molecule has 2 aromatic rings. The minimum atomic E-state index is -0.372. The Bertz CT molecular complexity index is 575. The molecule has 1 aromatic heterocycles. The van der Waals surface area contributed by atoms with Crippen LogP contribution in [0, 0.1) is 16.0 Å². The van der Waals surface area contributed by atoms with Crippen LogP contribution >= 0.6 is 0 Å². The number of nitro benzene ring substituents is 1. The summed E-state index contributed by atoms with van der Waals surface area (Å²) in [5.74, 6) is 0.532. The van der Waals surface area contributed by atoms with Gasteiger partial charge in [0.1, 0.15) is 0 Å². The highest BCUT2D eigenvalue weighted by Gasteiger charge is 2.08.